The summed E-state index contributed by atoms with van der Waals surface area (Å²) in [5.74, 6) is 0. The smallest absolute Gasteiger partial charge is 0.229 e. The number of carbonyl (C=O) groups excluding carboxylic acids is 1. The van der Waals surface area contributed by atoms with Crippen LogP contribution in [0.2, 0.25) is 0 Å². The van der Waals surface area contributed by atoms with Gasteiger partial charge in [-0.1, -0.05) is 44.8 Å². The quantitative estimate of drug-likeness (QED) is 0.180. The molecule has 0 aliphatic rings. The maximum Gasteiger partial charge on any atom is 0.229 e. The van der Waals surface area contributed by atoms with Crippen LogP contribution in [0.3, 0.4) is 0 Å². The van der Waals surface area contributed by atoms with Crippen molar-refractivity contribution in [3.05, 3.63) is 32.4 Å². The second kappa shape index (κ2) is 15.4. The first kappa shape index (κ1) is 24.2. The van der Waals surface area contributed by atoms with E-state index < -0.39 is 18.2 Å². The molecule has 26 heavy (non-hydrogen) atoms. The molecule has 1 N–H and O–H groups in total. The zero-order chi connectivity index (χ0) is 19.8. The molecule has 0 aliphatic carbocycles. The molecule has 149 valence electrons. The van der Waals surface area contributed by atoms with E-state index in [1.54, 1.807) is 12.2 Å². The molecule has 8 heteroatoms. The van der Waals surface area contributed by atoms with Crippen molar-refractivity contribution >= 4 is 6.29 Å². The Labute approximate surface area is 155 Å². The lowest BCUT2D eigenvalue weighted by atomic mass is 10.0. The van der Waals surface area contributed by atoms with Crippen molar-refractivity contribution in [1.29, 1.82) is 0 Å². The zero-order valence-corrected chi connectivity index (χ0v) is 15.5. The average Bonchev–Trinajstić information content (AvgIpc) is 2.60. The number of unbranched alkanes of at least 4 members (excludes halogenated alkanes) is 4. The van der Waals surface area contributed by atoms with E-state index in [1.807, 2.05) is 0 Å². The molecule has 0 heterocycles. The van der Waals surface area contributed by atoms with Gasteiger partial charge in [0.2, 0.25) is 18.4 Å². The summed E-state index contributed by atoms with van der Waals surface area (Å²) in [5.41, 5.74) is 0. The van der Waals surface area contributed by atoms with Gasteiger partial charge in [-0.15, -0.1) is 0 Å². The average molecular weight is 371 g/mol. The third-order valence-electron chi connectivity index (χ3n) is 4.37. The number of rotatable bonds is 17. The summed E-state index contributed by atoms with van der Waals surface area (Å²) in [7, 11) is 0. The highest BCUT2D eigenvalue weighted by Crippen LogP contribution is 2.14. The van der Waals surface area contributed by atoms with E-state index in [-0.39, 0.29) is 22.7 Å². The Bertz CT molecular complexity index is 441. The van der Waals surface area contributed by atoms with Gasteiger partial charge in [0, 0.05) is 35.5 Å². The Morgan fingerprint density at radius 2 is 1.35 bits per heavy atom. The molecule has 0 aliphatic heterocycles. The lowest BCUT2D eigenvalue weighted by Gasteiger charge is -2.08. The molecule has 0 rings (SSSR count). The van der Waals surface area contributed by atoms with E-state index >= 15 is 0 Å². The standard InChI is InChI=1S/C18H31N2O6/c1-2-3-4-5-10-16(19(23)24)11-6-7-12-17(20(25)26)13-8-9-14-18(22)15-21/h6-7,16-18,22H,2-5,8-14H2,1H3. The van der Waals surface area contributed by atoms with Crippen LogP contribution in [0.4, 0.5) is 0 Å². The zero-order valence-electron chi connectivity index (χ0n) is 15.5. The van der Waals surface area contributed by atoms with E-state index in [0.717, 1.165) is 25.7 Å². The highest BCUT2D eigenvalue weighted by molar-refractivity contribution is 5.56. The summed E-state index contributed by atoms with van der Waals surface area (Å²) in [6.07, 6.45) is 10.4. The van der Waals surface area contributed by atoms with Crippen LogP contribution < -0.4 is 0 Å². The molecule has 0 spiro atoms. The van der Waals surface area contributed by atoms with Crippen LogP contribution in [0.5, 0.6) is 0 Å². The van der Waals surface area contributed by atoms with Gasteiger partial charge in [0.25, 0.3) is 0 Å². The minimum Gasteiger partial charge on any atom is -0.385 e. The molecular formula is C18H31N2O6. The van der Waals surface area contributed by atoms with Crippen molar-refractivity contribution in [2.45, 2.75) is 95.7 Å². The van der Waals surface area contributed by atoms with Crippen LogP contribution in [-0.4, -0.2) is 39.4 Å². The van der Waals surface area contributed by atoms with Gasteiger partial charge in [0.1, 0.15) is 6.10 Å². The van der Waals surface area contributed by atoms with Gasteiger partial charge < -0.3 is 5.11 Å². The Hall–Kier alpha value is -1.83. The second-order valence-corrected chi connectivity index (χ2v) is 6.59. The summed E-state index contributed by atoms with van der Waals surface area (Å²) in [6.45, 7) is 2.09. The monoisotopic (exact) mass is 371 g/mol. The minimum absolute atomic E-state index is 0.232. The van der Waals surface area contributed by atoms with Crippen LogP contribution in [0.1, 0.15) is 77.6 Å². The number of hydrogen-bond acceptors (Lipinski definition) is 6. The molecular weight excluding hydrogens is 340 g/mol. The van der Waals surface area contributed by atoms with E-state index in [1.165, 1.54) is 6.29 Å². The van der Waals surface area contributed by atoms with Crippen molar-refractivity contribution in [2.24, 2.45) is 0 Å². The topological polar surface area (TPSA) is 124 Å². The third kappa shape index (κ3) is 12.5. The summed E-state index contributed by atoms with van der Waals surface area (Å²) in [4.78, 5) is 31.7. The summed E-state index contributed by atoms with van der Waals surface area (Å²) < 4.78 is 0. The van der Waals surface area contributed by atoms with Crippen molar-refractivity contribution in [3.63, 3.8) is 0 Å². The molecule has 3 atom stereocenters. The van der Waals surface area contributed by atoms with Gasteiger partial charge in [0.05, 0.1) is 0 Å². The highest BCUT2D eigenvalue weighted by Gasteiger charge is 2.20. The van der Waals surface area contributed by atoms with Crippen molar-refractivity contribution in [1.82, 2.24) is 0 Å². The summed E-state index contributed by atoms with van der Waals surface area (Å²) in [6, 6.07) is -1.37. The fourth-order valence-corrected chi connectivity index (χ4v) is 2.71. The van der Waals surface area contributed by atoms with E-state index in [0.29, 0.717) is 32.1 Å². The number of hydrogen-bond donors (Lipinski definition) is 1. The van der Waals surface area contributed by atoms with Gasteiger partial charge >= 0.3 is 0 Å². The predicted molar refractivity (Wildman–Crippen MR) is 98.9 cm³/mol. The largest absolute Gasteiger partial charge is 0.385 e. The molecule has 0 saturated carbocycles. The molecule has 0 saturated heterocycles. The van der Waals surface area contributed by atoms with Crippen molar-refractivity contribution in [3.8, 4) is 0 Å². The van der Waals surface area contributed by atoms with Gasteiger partial charge in [-0.3, -0.25) is 25.0 Å². The third-order valence-corrected chi connectivity index (χ3v) is 4.37. The fraction of sp³-hybridized carbons (Fsp3) is 0.833. The Kier molecular flexibility index (Phi) is 14.3. The molecule has 0 fully saturated rings. The van der Waals surface area contributed by atoms with Crippen molar-refractivity contribution in [2.75, 3.05) is 0 Å². The van der Waals surface area contributed by atoms with Crippen molar-refractivity contribution < 1.29 is 19.7 Å². The number of nitrogens with zero attached hydrogens (tertiary/aromatic N) is 2. The Morgan fingerprint density at radius 3 is 1.77 bits per heavy atom. The lowest BCUT2D eigenvalue weighted by molar-refractivity contribution is -0.523. The number of nitro groups is 2. The molecule has 0 aromatic carbocycles. The summed E-state index contributed by atoms with van der Waals surface area (Å²) in [5, 5.41) is 31.2. The SMILES string of the molecule is CCCCCCC(CC=CCC(CCCCC(O)[C]=O)[N+](=O)[O-])[N+](=O)[O-]. The molecule has 0 bridgehead atoms. The first-order chi connectivity index (χ1) is 12.4. The van der Waals surface area contributed by atoms with E-state index in [9.17, 15) is 25.0 Å². The van der Waals surface area contributed by atoms with Gasteiger partial charge in [-0.25, -0.2) is 0 Å². The minimum atomic E-state index is -1.12. The van der Waals surface area contributed by atoms with Gasteiger partial charge in [-0.05, 0) is 19.3 Å². The van der Waals surface area contributed by atoms with Crippen LogP contribution >= 0.6 is 0 Å². The van der Waals surface area contributed by atoms with Crippen LogP contribution in [0, 0.1) is 20.2 Å². The second-order valence-electron chi connectivity index (χ2n) is 6.59. The summed E-state index contributed by atoms with van der Waals surface area (Å²) >= 11 is 0. The number of aliphatic hydroxyl groups excluding tert-OH is 1. The fourth-order valence-electron chi connectivity index (χ4n) is 2.71. The highest BCUT2D eigenvalue weighted by atomic mass is 16.6. The van der Waals surface area contributed by atoms with Crippen LogP contribution in [0.15, 0.2) is 12.2 Å². The molecule has 0 aromatic rings. The predicted octanol–water partition coefficient (Wildman–Crippen LogP) is 3.61. The Balaban J connectivity index is 4.20. The van der Waals surface area contributed by atoms with E-state index in [2.05, 4.69) is 6.92 Å². The molecule has 3 unspecified atom stereocenters. The normalized spacial score (nSPS) is 14.8. The molecule has 0 aromatic heterocycles. The maximum absolute atomic E-state index is 11.1. The maximum atomic E-state index is 11.1. The van der Waals surface area contributed by atoms with Gasteiger partial charge in [0.15, 0.2) is 0 Å². The molecule has 8 nitrogen and oxygen atoms in total. The van der Waals surface area contributed by atoms with E-state index in [4.69, 9.17) is 5.11 Å². The van der Waals surface area contributed by atoms with Crippen LogP contribution in [0.25, 0.3) is 0 Å². The van der Waals surface area contributed by atoms with Crippen LogP contribution in [-0.2, 0) is 4.79 Å². The van der Waals surface area contributed by atoms with Gasteiger partial charge in [-0.2, -0.15) is 0 Å². The first-order valence-electron chi connectivity index (χ1n) is 9.40. The Morgan fingerprint density at radius 1 is 0.885 bits per heavy atom. The number of aliphatic hydroxyl groups is 1. The molecule has 1 radical (unpaired) electrons. The lowest BCUT2D eigenvalue weighted by Crippen LogP contribution is -2.19. The molecule has 0 amide bonds. The first-order valence-corrected chi connectivity index (χ1v) is 9.40.